The van der Waals surface area contributed by atoms with Crippen molar-refractivity contribution >= 4 is 16.0 Å². The van der Waals surface area contributed by atoms with Crippen LogP contribution < -0.4 is 4.72 Å². The van der Waals surface area contributed by atoms with Crippen molar-refractivity contribution < 1.29 is 35.9 Å². The van der Waals surface area contributed by atoms with Crippen LogP contribution in [0.4, 0.5) is 13.2 Å². The number of aromatic nitrogens is 1. The summed E-state index contributed by atoms with van der Waals surface area (Å²) in [5.41, 5.74) is -0.839. The molecule has 0 spiro atoms. The van der Waals surface area contributed by atoms with Crippen LogP contribution in [0.2, 0.25) is 0 Å². The van der Waals surface area contributed by atoms with E-state index in [1.54, 1.807) is 30.3 Å². The third kappa shape index (κ3) is 6.28. The molecular formula is C25H25F3N2O5S. The van der Waals surface area contributed by atoms with Crippen molar-refractivity contribution in [3.8, 4) is 11.1 Å². The Kier molecular flexibility index (Phi) is 8.17. The molecule has 1 N–H and O–H groups in total. The van der Waals surface area contributed by atoms with Gasteiger partial charge in [0.25, 0.3) is 0 Å². The largest absolute Gasteiger partial charge is 0.460 e. The van der Waals surface area contributed by atoms with E-state index in [-0.39, 0.29) is 18.8 Å². The number of carbonyl (C=O) groups is 1. The first-order valence-electron chi connectivity index (χ1n) is 10.8. The summed E-state index contributed by atoms with van der Waals surface area (Å²) >= 11 is 0. The molecule has 0 aliphatic carbocycles. The molecule has 36 heavy (non-hydrogen) atoms. The number of methoxy groups -OCH3 is 1. The van der Waals surface area contributed by atoms with Gasteiger partial charge in [-0.25, -0.2) is 17.9 Å². The second kappa shape index (κ2) is 10.8. The van der Waals surface area contributed by atoms with Crippen LogP contribution in [0.1, 0.15) is 35.3 Å². The second-order valence-corrected chi connectivity index (χ2v) is 10.0. The van der Waals surface area contributed by atoms with Crippen molar-refractivity contribution in [2.24, 2.45) is 0 Å². The zero-order valence-corrected chi connectivity index (χ0v) is 20.6. The van der Waals surface area contributed by atoms with Gasteiger partial charge in [-0.2, -0.15) is 13.2 Å². The predicted octanol–water partition coefficient (Wildman–Crippen LogP) is 4.78. The Morgan fingerprint density at radius 1 is 1.03 bits per heavy atom. The molecule has 1 heterocycles. The molecule has 7 nitrogen and oxygen atoms in total. The molecule has 11 heteroatoms. The fourth-order valence-electron chi connectivity index (χ4n) is 3.56. The molecule has 0 saturated carbocycles. The molecule has 0 unspecified atom stereocenters. The number of sulfonamides is 1. The second-order valence-electron chi connectivity index (χ2n) is 8.36. The Balaban J connectivity index is 1.96. The summed E-state index contributed by atoms with van der Waals surface area (Å²) in [6.45, 7) is 3.35. The number of alkyl halides is 3. The smallest absolute Gasteiger partial charge is 0.417 e. The van der Waals surface area contributed by atoms with Crippen LogP contribution in [0, 0.1) is 0 Å². The minimum Gasteiger partial charge on any atom is -0.460 e. The topological polar surface area (TPSA) is 94.6 Å². The van der Waals surface area contributed by atoms with E-state index in [0.717, 1.165) is 18.2 Å². The number of rotatable bonds is 9. The summed E-state index contributed by atoms with van der Waals surface area (Å²) < 4.78 is 78.8. The lowest BCUT2D eigenvalue weighted by Crippen LogP contribution is -2.41. The van der Waals surface area contributed by atoms with Gasteiger partial charge in [0, 0.05) is 19.5 Å². The lowest BCUT2D eigenvalue weighted by molar-refractivity contribution is -0.139. The number of nitrogens with one attached hydrogen (secondary N) is 1. The minimum absolute atomic E-state index is 0.0535. The van der Waals surface area contributed by atoms with E-state index in [9.17, 15) is 26.4 Å². The molecule has 0 bridgehead atoms. The quantitative estimate of drug-likeness (QED) is 0.321. The fraction of sp³-hybridized carbons (Fsp3) is 0.280. The summed E-state index contributed by atoms with van der Waals surface area (Å²) in [4.78, 5) is 15.7. The van der Waals surface area contributed by atoms with Gasteiger partial charge in [-0.05, 0) is 54.8 Å². The van der Waals surface area contributed by atoms with Gasteiger partial charge in [0.05, 0.1) is 28.2 Å². The summed E-state index contributed by atoms with van der Waals surface area (Å²) in [6.07, 6.45) is -1.99. The molecule has 3 aromatic rings. The van der Waals surface area contributed by atoms with Gasteiger partial charge in [-0.3, -0.25) is 4.98 Å². The molecule has 0 aliphatic heterocycles. The highest BCUT2D eigenvalue weighted by Gasteiger charge is 2.38. The maximum Gasteiger partial charge on any atom is 0.417 e. The third-order valence-corrected chi connectivity index (χ3v) is 7.04. The van der Waals surface area contributed by atoms with Gasteiger partial charge in [-0.15, -0.1) is 0 Å². The zero-order valence-electron chi connectivity index (χ0n) is 19.8. The Morgan fingerprint density at radius 3 is 2.44 bits per heavy atom. The Hall–Kier alpha value is -3.28. The van der Waals surface area contributed by atoms with E-state index in [4.69, 9.17) is 9.47 Å². The fourth-order valence-corrected chi connectivity index (χ4v) is 5.20. The first-order valence-corrected chi connectivity index (χ1v) is 12.3. The normalized spacial score (nSPS) is 12.4. The van der Waals surface area contributed by atoms with Crippen LogP contribution in [0.5, 0.6) is 0 Å². The van der Waals surface area contributed by atoms with Gasteiger partial charge in [-0.1, -0.05) is 30.3 Å². The Morgan fingerprint density at radius 2 is 1.75 bits per heavy atom. The zero-order chi connectivity index (χ0) is 26.6. The number of hydrogen-bond donors (Lipinski definition) is 1. The Labute approximate surface area is 207 Å². The molecule has 0 fully saturated rings. The molecule has 0 saturated heterocycles. The van der Waals surface area contributed by atoms with E-state index >= 15 is 0 Å². The van der Waals surface area contributed by atoms with Crippen LogP contribution in [-0.2, 0) is 31.2 Å². The Bertz CT molecular complexity index is 1340. The van der Waals surface area contributed by atoms with E-state index in [1.165, 1.54) is 39.4 Å². The van der Waals surface area contributed by atoms with Crippen molar-refractivity contribution in [3.63, 3.8) is 0 Å². The molecule has 192 valence electrons. The monoisotopic (exact) mass is 522 g/mol. The van der Waals surface area contributed by atoms with E-state index < -0.39 is 38.2 Å². The number of ether oxygens (including phenoxy) is 2. The maximum absolute atomic E-state index is 13.4. The van der Waals surface area contributed by atoms with Gasteiger partial charge >= 0.3 is 12.1 Å². The van der Waals surface area contributed by atoms with Gasteiger partial charge in [0.2, 0.25) is 10.0 Å². The SMILES string of the molecule is COCCOC(=O)c1cnccc1-c1cccc(C(C)(C)NS(=O)(=O)c2ccccc2C(F)(F)F)c1. The number of pyridine rings is 1. The van der Waals surface area contributed by atoms with Crippen molar-refractivity contribution in [3.05, 3.63) is 83.7 Å². The van der Waals surface area contributed by atoms with Crippen molar-refractivity contribution in [1.29, 1.82) is 0 Å². The lowest BCUT2D eigenvalue weighted by Gasteiger charge is -2.28. The molecule has 0 atom stereocenters. The van der Waals surface area contributed by atoms with Crippen molar-refractivity contribution in [2.45, 2.75) is 30.5 Å². The first-order chi connectivity index (χ1) is 16.9. The predicted molar refractivity (Wildman–Crippen MR) is 127 cm³/mol. The van der Waals surface area contributed by atoms with E-state index in [0.29, 0.717) is 16.7 Å². The van der Waals surface area contributed by atoms with Crippen LogP contribution in [0.15, 0.2) is 71.9 Å². The van der Waals surface area contributed by atoms with Crippen LogP contribution >= 0.6 is 0 Å². The third-order valence-electron chi connectivity index (χ3n) is 5.33. The van der Waals surface area contributed by atoms with Crippen LogP contribution in [-0.4, -0.2) is 39.7 Å². The van der Waals surface area contributed by atoms with Gasteiger partial charge in [0.1, 0.15) is 6.61 Å². The standard InChI is InChI=1S/C25H25F3N2O5S/c1-24(2,30-36(32,33)22-10-5-4-9-21(22)25(26,27)28)18-8-6-7-17(15-18)19-11-12-29-16-20(19)23(31)35-14-13-34-3/h4-12,15-16,30H,13-14H2,1-3H3. The lowest BCUT2D eigenvalue weighted by atomic mass is 9.91. The highest BCUT2D eigenvalue weighted by molar-refractivity contribution is 7.89. The minimum atomic E-state index is -4.84. The highest BCUT2D eigenvalue weighted by Crippen LogP contribution is 2.35. The average molecular weight is 523 g/mol. The van der Waals surface area contributed by atoms with Crippen LogP contribution in [0.3, 0.4) is 0 Å². The molecule has 0 amide bonds. The summed E-state index contributed by atoms with van der Waals surface area (Å²) in [7, 11) is -3.08. The van der Waals surface area contributed by atoms with E-state index in [2.05, 4.69) is 9.71 Å². The number of nitrogens with zero attached hydrogens (tertiary/aromatic N) is 1. The molecule has 0 radical (unpaired) electrons. The van der Waals surface area contributed by atoms with E-state index in [1.807, 2.05) is 0 Å². The first kappa shape index (κ1) is 27.3. The van der Waals surface area contributed by atoms with Crippen molar-refractivity contribution in [1.82, 2.24) is 9.71 Å². The number of halogens is 3. The number of benzene rings is 2. The number of hydrogen-bond acceptors (Lipinski definition) is 6. The highest BCUT2D eigenvalue weighted by atomic mass is 32.2. The van der Waals surface area contributed by atoms with Crippen molar-refractivity contribution in [2.75, 3.05) is 20.3 Å². The van der Waals surface area contributed by atoms with Crippen LogP contribution in [0.25, 0.3) is 11.1 Å². The number of esters is 1. The van der Waals surface area contributed by atoms with Gasteiger partial charge in [0.15, 0.2) is 0 Å². The average Bonchev–Trinajstić information content (AvgIpc) is 2.83. The summed E-state index contributed by atoms with van der Waals surface area (Å²) in [5, 5.41) is 0. The summed E-state index contributed by atoms with van der Waals surface area (Å²) in [5.74, 6) is -0.607. The molecular weight excluding hydrogens is 497 g/mol. The molecule has 3 rings (SSSR count). The molecule has 0 aliphatic rings. The molecule has 2 aromatic carbocycles. The van der Waals surface area contributed by atoms with Gasteiger partial charge < -0.3 is 9.47 Å². The maximum atomic E-state index is 13.4. The number of carbonyl (C=O) groups excluding carboxylic acids is 1. The molecule has 1 aromatic heterocycles. The summed E-state index contributed by atoms with van der Waals surface area (Å²) in [6, 6.07) is 12.3.